The Morgan fingerprint density at radius 3 is 2.56 bits per heavy atom. The molecule has 3 N–H and O–H groups in total. The van der Waals surface area contributed by atoms with Gasteiger partial charge in [0.15, 0.2) is 5.03 Å². The molecule has 4 rings (SSSR count). The largest absolute Gasteiger partial charge is 0.493 e. The maximum Gasteiger partial charge on any atom is 0.329 e. The van der Waals surface area contributed by atoms with Crippen LogP contribution in [-0.4, -0.2) is 55.1 Å². The Morgan fingerprint density at radius 2 is 1.88 bits per heavy atom. The maximum absolute atomic E-state index is 14.6. The Hall–Kier alpha value is -4.26. The van der Waals surface area contributed by atoms with Crippen LogP contribution in [0.4, 0.5) is 16.0 Å². The fourth-order valence-electron chi connectivity index (χ4n) is 4.51. The van der Waals surface area contributed by atoms with Crippen molar-refractivity contribution in [2.24, 2.45) is 5.92 Å². The number of hydrogen-bond acceptors (Lipinski definition) is 10. The van der Waals surface area contributed by atoms with Gasteiger partial charge in [0.25, 0.3) is 15.9 Å². The van der Waals surface area contributed by atoms with Crippen LogP contribution < -0.4 is 20.1 Å². The molecular weight excluding hydrogens is 577 g/mol. The summed E-state index contributed by atoms with van der Waals surface area (Å²) in [6, 6.07) is 10.3. The molecule has 1 fully saturated rings. The molecule has 0 radical (unpaired) electrons. The van der Waals surface area contributed by atoms with Gasteiger partial charge in [-0.15, -0.1) is 0 Å². The number of esters is 1. The molecule has 43 heavy (non-hydrogen) atoms. The molecule has 3 heterocycles. The van der Waals surface area contributed by atoms with Crippen molar-refractivity contribution < 1.29 is 31.9 Å². The van der Waals surface area contributed by atoms with Gasteiger partial charge in [-0.1, -0.05) is 19.9 Å². The van der Waals surface area contributed by atoms with Crippen molar-refractivity contribution in [3.63, 3.8) is 0 Å². The maximum atomic E-state index is 14.6. The number of aromatic nitrogens is 2. The van der Waals surface area contributed by atoms with Crippen LogP contribution in [0.15, 0.2) is 53.6 Å². The highest BCUT2D eigenvalue weighted by atomic mass is 32.2. The van der Waals surface area contributed by atoms with Gasteiger partial charge in [0.05, 0.1) is 17.9 Å². The van der Waals surface area contributed by atoms with Gasteiger partial charge in [0.1, 0.15) is 34.8 Å². The Balaban J connectivity index is 1.77. The molecule has 230 valence electrons. The lowest BCUT2D eigenvalue weighted by atomic mass is 10.1. The summed E-state index contributed by atoms with van der Waals surface area (Å²) >= 11 is 0. The average molecular weight is 614 g/mol. The van der Waals surface area contributed by atoms with Gasteiger partial charge < -0.3 is 20.1 Å². The SMILES string of the molecule is CC(C)COc1cc(F)cc(-c2ccc(C(=O)NS(=O)(=O)c3cccc(N)n3)c(N3CCC[C@@H]3C(=O)OC(C)(C)C)n2)c1. The first-order valence-corrected chi connectivity index (χ1v) is 15.4. The minimum absolute atomic E-state index is 0.0360. The molecule has 0 unspecified atom stereocenters. The number of halogens is 1. The van der Waals surface area contributed by atoms with Crippen molar-refractivity contribution in [3.8, 4) is 17.0 Å². The number of hydrogen-bond donors (Lipinski definition) is 2. The van der Waals surface area contributed by atoms with Gasteiger partial charge in [0.2, 0.25) is 0 Å². The first kappa shape index (κ1) is 31.7. The first-order chi connectivity index (χ1) is 20.1. The van der Waals surface area contributed by atoms with Crippen LogP contribution in [0, 0.1) is 11.7 Å². The number of carbonyl (C=O) groups excluding carboxylic acids is 2. The number of benzene rings is 1. The number of nitrogens with zero attached hydrogens (tertiary/aromatic N) is 3. The van der Waals surface area contributed by atoms with Crippen LogP contribution in [0.25, 0.3) is 11.3 Å². The molecule has 11 nitrogen and oxygen atoms in total. The molecule has 1 aromatic carbocycles. The minimum atomic E-state index is -4.41. The zero-order valence-electron chi connectivity index (χ0n) is 24.8. The zero-order valence-corrected chi connectivity index (χ0v) is 25.6. The van der Waals surface area contributed by atoms with Gasteiger partial charge in [-0.05, 0) is 75.9 Å². The summed E-state index contributed by atoms with van der Waals surface area (Å²) in [7, 11) is -4.41. The summed E-state index contributed by atoms with van der Waals surface area (Å²) in [4.78, 5) is 36.8. The van der Waals surface area contributed by atoms with E-state index in [9.17, 15) is 22.4 Å². The molecule has 13 heteroatoms. The molecule has 1 amide bonds. The van der Waals surface area contributed by atoms with E-state index in [1.807, 2.05) is 18.6 Å². The zero-order chi connectivity index (χ0) is 31.5. The normalized spacial score (nSPS) is 15.4. The third-order valence-corrected chi connectivity index (χ3v) is 7.55. The predicted octanol–water partition coefficient (Wildman–Crippen LogP) is 4.33. The number of nitrogen functional groups attached to an aromatic ring is 1. The summed E-state index contributed by atoms with van der Waals surface area (Å²) in [5.41, 5.74) is 5.42. The number of nitrogens with one attached hydrogen (secondary N) is 1. The Bertz CT molecular complexity index is 1620. The second-order valence-corrected chi connectivity index (χ2v) is 13.3. The van der Waals surface area contributed by atoms with Crippen LogP contribution in [0.2, 0.25) is 0 Å². The van der Waals surface area contributed by atoms with E-state index >= 15 is 0 Å². The predicted molar refractivity (Wildman–Crippen MR) is 159 cm³/mol. The second-order valence-electron chi connectivity index (χ2n) is 11.7. The summed E-state index contributed by atoms with van der Waals surface area (Å²) < 4.78 is 54.0. The number of rotatable bonds is 9. The van der Waals surface area contributed by atoms with E-state index in [4.69, 9.17) is 15.2 Å². The lowest BCUT2D eigenvalue weighted by Gasteiger charge is -2.29. The second kappa shape index (κ2) is 12.5. The quantitative estimate of drug-likeness (QED) is 0.333. The number of anilines is 2. The highest BCUT2D eigenvalue weighted by Crippen LogP contribution is 2.33. The van der Waals surface area contributed by atoms with Crippen molar-refractivity contribution in [1.29, 1.82) is 0 Å². The standard InChI is InChI=1S/C30H36FN5O6S/c1-18(2)17-41-21-15-19(14-20(31)16-21)23-12-11-22(28(37)35-43(39,40)26-10-6-9-25(32)34-26)27(33-23)36-13-7-8-24(36)29(38)42-30(3,4)5/h6,9-12,14-16,18,24H,7-8,13,17H2,1-5H3,(H2,32,34)(H,35,37)/t24-/m1/s1. The molecule has 1 saturated heterocycles. The fourth-order valence-corrected chi connectivity index (χ4v) is 5.45. The summed E-state index contributed by atoms with van der Waals surface area (Å²) in [5.74, 6) is -1.51. The lowest BCUT2D eigenvalue weighted by molar-refractivity contribution is -0.156. The van der Waals surface area contributed by atoms with E-state index in [0.717, 1.165) is 0 Å². The van der Waals surface area contributed by atoms with Crippen LogP contribution in [0.1, 0.15) is 57.8 Å². The monoisotopic (exact) mass is 613 g/mol. The fraction of sp³-hybridized carbons (Fsp3) is 0.400. The molecule has 1 aliphatic heterocycles. The van der Waals surface area contributed by atoms with Crippen LogP contribution in [-0.2, 0) is 19.6 Å². The van der Waals surface area contributed by atoms with E-state index in [1.54, 1.807) is 31.7 Å². The number of ether oxygens (including phenoxy) is 2. The topological polar surface area (TPSA) is 154 Å². The highest BCUT2D eigenvalue weighted by Gasteiger charge is 2.37. The number of amides is 1. The third-order valence-electron chi connectivity index (χ3n) is 6.32. The minimum Gasteiger partial charge on any atom is -0.493 e. The van der Waals surface area contributed by atoms with Crippen LogP contribution in [0.5, 0.6) is 5.75 Å². The number of nitrogens with two attached hydrogens (primary N) is 1. The molecule has 3 aromatic rings. The van der Waals surface area contributed by atoms with E-state index in [0.29, 0.717) is 37.3 Å². The van der Waals surface area contributed by atoms with Crippen molar-refractivity contribution in [1.82, 2.24) is 14.7 Å². The third kappa shape index (κ3) is 7.98. The highest BCUT2D eigenvalue weighted by molar-refractivity contribution is 7.90. The molecule has 1 aliphatic rings. The molecule has 2 aromatic heterocycles. The van der Waals surface area contributed by atoms with E-state index in [2.05, 4.69) is 9.97 Å². The Kier molecular flexibility index (Phi) is 9.24. The average Bonchev–Trinajstić information content (AvgIpc) is 3.40. The number of carbonyl (C=O) groups is 2. The summed E-state index contributed by atoms with van der Waals surface area (Å²) in [5, 5.41) is -0.437. The number of sulfonamides is 1. The van der Waals surface area contributed by atoms with Gasteiger partial charge in [-0.2, -0.15) is 8.42 Å². The van der Waals surface area contributed by atoms with Crippen molar-refractivity contribution in [2.75, 3.05) is 23.8 Å². The van der Waals surface area contributed by atoms with Gasteiger partial charge in [-0.25, -0.2) is 23.9 Å². The lowest BCUT2D eigenvalue weighted by Crippen LogP contribution is -2.42. The first-order valence-electron chi connectivity index (χ1n) is 13.9. The molecule has 0 spiro atoms. The molecular formula is C30H36FN5O6S. The van der Waals surface area contributed by atoms with Gasteiger partial charge in [0, 0.05) is 18.2 Å². The van der Waals surface area contributed by atoms with E-state index in [-0.39, 0.29) is 28.8 Å². The molecule has 0 aliphatic carbocycles. The van der Waals surface area contributed by atoms with Crippen LogP contribution >= 0.6 is 0 Å². The van der Waals surface area contributed by atoms with Gasteiger partial charge >= 0.3 is 5.97 Å². The summed E-state index contributed by atoms with van der Waals surface area (Å²) in [6.45, 7) is 9.91. The molecule has 0 saturated carbocycles. The molecule has 1 atom stereocenters. The van der Waals surface area contributed by atoms with E-state index < -0.39 is 44.4 Å². The van der Waals surface area contributed by atoms with Crippen molar-refractivity contribution in [2.45, 2.75) is 64.1 Å². The summed E-state index contributed by atoms with van der Waals surface area (Å²) in [6.07, 6.45) is 1.02. The van der Waals surface area contributed by atoms with Crippen molar-refractivity contribution in [3.05, 3.63) is 59.9 Å². The number of pyridine rings is 2. The van der Waals surface area contributed by atoms with Gasteiger partial charge in [-0.3, -0.25) is 4.79 Å². The Morgan fingerprint density at radius 1 is 1.14 bits per heavy atom. The Labute approximate surface area is 250 Å². The molecule has 0 bridgehead atoms. The van der Waals surface area contributed by atoms with Crippen molar-refractivity contribution >= 4 is 33.5 Å². The van der Waals surface area contributed by atoms with E-state index in [1.165, 1.54) is 42.5 Å². The smallest absolute Gasteiger partial charge is 0.329 e. The van der Waals surface area contributed by atoms with Crippen LogP contribution in [0.3, 0.4) is 0 Å².